The summed E-state index contributed by atoms with van der Waals surface area (Å²) >= 11 is 0. The lowest BCUT2D eigenvalue weighted by Crippen LogP contribution is -2.36. The fourth-order valence-corrected chi connectivity index (χ4v) is 2.00. The number of nitrogens with two attached hydrogens (primary N) is 1. The average molecular weight is 262 g/mol. The first-order valence-corrected chi connectivity index (χ1v) is 6.65. The summed E-state index contributed by atoms with van der Waals surface area (Å²) in [7, 11) is 0. The molecule has 0 radical (unpaired) electrons. The third-order valence-electron chi connectivity index (χ3n) is 3.12. The Kier molecular flexibility index (Phi) is 4.07. The van der Waals surface area contributed by atoms with Crippen molar-refractivity contribution in [2.24, 2.45) is 5.73 Å². The van der Waals surface area contributed by atoms with Gasteiger partial charge in [-0.3, -0.25) is 0 Å². The zero-order chi connectivity index (χ0) is 13.9. The molecule has 0 fully saturated rings. The number of hydrogen-bond acceptors (Lipinski definition) is 3. The number of rotatable bonds is 6. The smallest absolute Gasteiger partial charge is 0.323 e. The van der Waals surface area contributed by atoms with Gasteiger partial charge in [-0.2, -0.15) is 0 Å². The van der Waals surface area contributed by atoms with Gasteiger partial charge in [0.25, 0.3) is 0 Å². The molecule has 0 aliphatic carbocycles. The molecule has 5 N–H and O–H groups in total. The van der Waals surface area contributed by atoms with E-state index >= 15 is 0 Å². The topological polar surface area (TPSA) is 86.7 Å². The minimum atomic E-state index is -0.157. The van der Waals surface area contributed by atoms with Crippen LogP contribution < -0.4 is 16.7 Å². The van der Waals surface area contributed by atoms with E-state index in [2.05, 4.69) is 15.3 Å². The number of aromatic nitrogens is 2. The van der Waals surface area contributed by atoms with Crippen molar-refractivity contribution in [3.63, 3.8) is 0 Å². The second kappa shape index (κ2) is 5.59. The van der Waals surface area contributed by atoms with Gasteiger partial charge in [0.15, 0.2) is 0 Å². The van der Waals surface area contributed by atoms with Crippen LogP contribution in [0.4, 0.5) is 0 Å². The Bertz CT molecular complexity index is 591. The van der Waals surface area contributed by atoms with Crippen molar-refractivity contribution in [2.45, 2.75) is 32.2 Å². The molecule has 0 atom stereocenters. The van der Waals surface area contributed by atoms with Gasteiger partial charge in [-0.25, -0.2) is 4.79 Å². The van der Waals surface area contributed by atoms with Crippen LogP contribution in [-0.4, -0.2) is 28.6 Å². The van der Waals surface area contributed by atoms with E-state index in [1.54, 1.807) is 0 Å². The van der Waals surface area contributed by atoms with Crippen molar-refractivity contribution in [1.29, 1.82) is 0 Å². The monoisotopic (exact) mass is 262 g/mol. The summed E-state index contributed by atoms with van der Waals surface area (Å²) in [4.78, 5) is 16.7. The van der Waals surface area contributed by atoms with Crippen molar-refractivity contribution in [2.75, 3.05) is 13.1 Å². The molecular formula is C14H22N4O. The molecule has 104 valence electrons. The molecule has 0 aliphatic heterocycles. The molecule has 5 nitrogen and oxygen atoms in total. The fraction of sp³-hybridized carbons (Fsp3) is 0.500. The first-order chi connectivity index (χ1) is 8.94. The second-order valence-corrected chi connectivity index (χ2v) is 5.70. The van der Waals surface area contributed by atoms with Gasteiger partial charge in [-0.1, -0.05) is 6.07 Å². The highest BCUT2D eigenvalue weighted by atomic mass is 16.1. The second-order valence-electron chi connectivity index (χ2n) is 5.70. The van der Waals surface area contributed by atoms with Crippen molar-refractivity contribution >= 4 is 11.0 Å². The molecule has 1 heterocycles. The van der Waals surface area contributed by atoms with Gasteiger partial charge in [-0.15, -0.1) is 0 Å². The molecule has 1 aromatic carbocycles. The predicted octanol–water partition coefficient (Wildman–Crippen LogP) is 1.12. The van der Waals surface area contributed by atoms with Crippen LogP contribution in [0.3, 0.4) is 0 Å². The Labute approximate surface area is 112 Å². The minimum absolute atomic E-state index is 0.115. The predicted molar refractivity (Wildman–Crippen MR) is 78.4 cm³/mol. The van der Waals surface area contributed by atoms with Crippen LogP contribution in [0.25, 0.3) is 11.0 Å². The Hall–Kier alpha value is -1.59. The van der Waals surface area contributed by atoms with E-state index in [-0.39, 0.29) is 11.2 Å². The first-order valence-electron chi connectivity index (χ1n) is 6.65. The number of imidazole rings is 1. The number of H-pyrrole nitrogens is 2. The summed E-state index contributed by atoms with van der Waals surface area (Å²) in [6, 6.07) is 5.99. The zero-order valence-corrected chi connectivity index (χ0v) is 11.5. The maximum Gasteiger partial charge on any atom is 0.323 e. The fourth-order valence-electron chi connectivity index (χ4n) is 2.00. The Morgan fingerprint density at radius 2 is 1.95 bits per heavy atom. The summed E-state index contributed by atoms with van der Waals surface area (Å²) in [6.45, 7) is 5.90. The molecule has 2 aromatic rings. The van der Waals surface area contributed by atoms with E-state index in [0.29, 0.717) is 0 Å². The highest BCUT2D eigenvalue weighted by molar-refractivity contribution is 5.74. The number of benzene rings is 1. The SMILES string of the molecule is CC(C)(N)CCNCCc1ccc2[nH]c(=O)[nH]c2c1. The highest BCUT2D eigenvalue weighted by Gasteiger charge is 2.08. The standard InChI is InChI=1S/C14H22N4O/c1-14(2,15)6-8-16-7-5-10-3-4-11-12(9-10)18-13(19)17-11/h3-4,9,16H,5-8,15H2,1-2H3,(H2,17,18,19). The molecule has 2 rings (SSSR count). The molecule has 0 amide bonds. The summed E-state index contributed by atoms with van der Waals surface area (Å²) in [5, 5.41) is 3.38. The first kappa shape index (κ1) is 13.8. The van der Waals surface area contributed by atoms with Gasteiger partial charge < -0.3 is 21.0 Å². The van der Waals surface area contributed by atoms with Gasteiger partial charge in [0.05, 0.1) is 11.0 Å². The Morgan fingerprint density at radius 1 is 1.21 bits per heavy atom. The van der Waals surface area contributed by atoms with Crippen molar-refractivity contribution in [3.8, 4) is 0 Å². The van der Waals surface area contributed by atoms with Gasteiger partial charge >= 0.3 is 5.69 Å². The van der Waals surface area contributed by atoms with E-state index in [4.69, 9.17) is 5.73 Å². The third kappa shape index (κ3) is 4.22. The van der Waals surface area contributed by atoms with Crippen molar-refractivity contribution in [3.05, 3.63) is 34.2 Å². The van der Waals surface area contributed by atoms with E-state index in [1.807, 2.05) is 32.0 Å². The van der Waals surface area contributed by atoms with Crippen molar-refractivity contribution < 1.29 is 0 Å². The van der Waals surface area contributed by atoms with Crippen LogP contribution in [0.15, 0.2) is 23.0 Å². The van der Waals surface area contributed by atoms with Gasteiger partial charge in [-0.05, 0) is 57.5 Å². The number of hydrogen-bond donors (Lipinski definition) is 4. The third-order valence-corrected chi connectivity index (χ3v) is 3.12. The summed E-state index contributed by atoms with van der Waals surface area (Å²) in [5.74, 6) is 0. The van der Waals surface area contributed by atoms with Crippen LogP contribution >= 0.6 is 0 Å². The number of aromatic amines is 2. The van der Waals surface area contributed by atoms with Gasteiger partial charge in [0, 0.05) is 5.54 Å². The summed E-state index contributed by atoms with van der Waals surface area (Å²) in [6.07, 6.45) is 1.89. The minimum Gasteiger partial charge on any atom is -0.326 e. The maximum absolute atomic E-state index is 11.2. The maximum atomic E-state index is 11.2. The molecule has 0 aliphatic rings. The van der Waals surface area contributed by atoms with Crippen molar-refractivity contribution in [1.82, 2.24) is 15.3 Å². The lowest BCUT2D eigenvalue weighted by atomic mass is 10.0. The molecule has 0 unspecified atom stereocenters. The largest absolute Gasteiger partial charge is 0.326 e. The molecule has 1 aromatic heterocycles. The molecule has 0 saturated heterocycles. The van der Waals surface area contributed by atoms with Crippen LogP contribution in [0, 0.1) is 0 Å². The van der Waals surface area contributed by atoms with Crippen LogP contribution in [0.5, 0.6) is 0 Å². The quantitative estimate of drug-likeness (QED) is 0.588. The van der Waals surface area contributed by atoms with Gasteiger partial charge in [0.2, 0.25) is 0 Å². The van der Waals surface area contributed by atoms with E-state index in [9.17, 15) is 4.79 Å². The highest BCUT2D eigenvalue weighted by Crippen LogP contribution is 2.10. The molecule has 0 saturated carbocycles. The molecule has 0 bridgehead atoms. The Balaban J connectivity index is 1.83. The number of nitrogens with one attached hydrogen (secondary N) is 3. The zero-order valence-electron chi connectivity index (χ0n) is 11.5. The van der Waals surface area contributed by atoms with Crippen LogP contribution in [0.2, 0.25) is 0 Å². The normalized spacial score (nSPS) is 12.2. The molecular weight excluding hydrogens is 240 g/mol. The molecule has 5 heteroatoms. The van der Waals surface area contributed by atoms with Gasteiger partial charge in [0.1, 0.15) is 0 Å². The Morgan fingerprint density at radius 3 is 2.68 bits per heavy atom. The number of fused-ring (bicyclic) bond motifs is 1. The van der Waals surface area contributed by atoms with E-state index < -0.39 is 0 Å². The summed E-state index contributed by atoms with van der Waals surface area (Å²) in [5.41, 5.74) is 8.57. The van der Waals surface area contributed by atoms with Crippen LogP contribution in [-0.2, 0) is 6.42 Å². The van der Waals surface area contributed by atoms with Crippen LogP contribution in [0.1, 0.15) is 25.8 Å². The average Bonchev–Trinajstić information content (AvgIpc) is 2.66. The van der Waals surface area contributed by atoms with E-state index in [0.717, 1.165) is 37.0 Å². The lowest BCUT2D eigenvalue weighted by molar-refractivity contribution is 0.456. The summed E-state index contributed by atoms with van der Waals surface area (Å²) < 4.78 is 0. The molecule has 0 spiro atoms. The molecule has 19 heavy (non-hydrogen) atoms. The lowest BCUT2D eigenvalue weighted by Gasteiger charge is -2.18. The van der Waals surface area contributed by atoms with E-state index in [1.165, 1.54) is 5.56 Å².